The number of aliphatic hydroxyl groups is 1. The van der Waals surface area contributed by atoms with E-state index in [0.717, 1.165) is 10.5 Å². The summed E-state index contributed by atoms with van der Waals surface area (Å²) in [5, 5.41) is 15.0. The lowest BCUT2D eigenvalue weighted by Gasteiger charge is -2.21. The smallest absolute Gasteiger partial charge is 0.193 e. The molecule has 0 spiro atoms. The van der Waals surface area contributed by atoms with Crippen LogP contribution in [0.1, 0.15) is 17.6 Å². The van der Waals surface area contributed by atoms with Crippen molar-refractivity contribution in [3.05, 3.63) is 29.6 Å². The number of aryl methyl sites for hydroxylation is 1. The van der Waals surface area contributed by atoms with Gasteiger partial charge in [-0.1, -0.05) is 0 Å². The van der Waals surface area contributed by atoms with Crippen molar-refractivity contribution in [2.45, 2.75) is 23.2 Å². The molecule has 0 fully saturated rings. The molecular weight excluding hydrogens is 224 g/mol. The summed E-state index contributed by atoms with van der Waals surface area (Å²) >= 11 is 1.49. The van der Waals surface area contributed by atoms with Gasteiger partial charge in [0.25, 0.3) is 0 Å². The Morgan fingerprint density at radius 2 is 2.31 bits per heavy atom. The van der Waals surface area contributed by atoms with E-state index in [1.165, 1.54) is 16.4 Å². The number of aromatic nitrogens is 3. The van der Waals surface area contributed by atoms with Crippen molar-refractivity contribution in [3.8, 4) is 0 Å². The number of benzene rings is 1. The molecule has 5 nitrogen and oxygen atoms in total. The normalized spacial score (nSPS) is 18.0. The second-order valence-corrected chi connectivity index (χ2v) is 4.67. The van der Waals surface area contributed by atoms with E-state index in [9.17, 15) is 5.11 Å². The van der Waals surface area contributed by atoms with Gasteiger partial charge in [0.1, 0.15) is 5.82 Å². The fraction of sp³-hybridized carbons (Fsp3) is 0.200. The zero-order valence-corrected chi connectivity index (χ0v) is 9.40. The Labute approximate surface area is 96.3 Å². The lowest BCUT2D eigenvalue weighted by molar-refractivity contribution is 0.116. The van der Waals surface area contributed by atoms with E-state index in [-0.39, 0.29) is 0 Å². The van der Waals surface area contributed by atoms with Crippen molar-refractivity contribution in [2.75, 3.05) is 5.73 Å². The number of nitrogens with zero attached hydrogens (tertiary/aromatic N) is 3. The first-order chi connectivity index (χ1) is 7.65. The zero-order valence-electron chi connectivity index (χ0n) is 8.58. The van der Waals surface area contributed by atoms with Crippen molar-refractivity contribution in [1.82, 2.24) is 14.8 Å². The topological polar surface area (TPSA) is 77.0 Å². The number of hydrogen-bond donors (Lipinski definition) is 2. The molecule has 1 atom stereocenters. The summed E-state index contributed by atoms with van der Waals surface area (Å²) in [6, 6.07) is 5.48. The van der Waals surface area contributed by atoms with Gasteiger partial charge in [-0.25, -0.2) is 9.67 Å². The van der Waals surface area contributed by atoms with Gasteiger partial charge in [0, 0.05) is 16.1 Å². The van der Waals surface area contributed by atoms with Gasteiger partial charge < -0.3 is 10.8 Å². The van der Waals surface area contributed by atoms with E-state index in [1.807, 2.05) is 12.1 Å². The molecule has 1 aromatic heterocycles. The Morgan fingerprint density at radius 1 is 1.50 bits per heavy atom. The molecule has 3 N–H and O–H groups in total. The monoisotopic (exact) mass is 234 g/mol. The number of anilines is 1. The van der Waals surface area contributed by atoms with E-state index in [0.29, 0.717) is 16.7 Å². The highest BCUT2D eigenvalue weighted by atomic mass is 32.2. The summed E-state index contributed by atoms with van der Waals surface area (Å²) in [7, 11) is 0. The van der Waals surface area contributed by atoms with E-state index < -0.39 is 6.23 Å². The number of aliphatic hydroxyl groups excluding tert-OH is 1. The lowest BCUT2D eigenvalue weighted by atomic mass is 10.2. The third kappa shape index (κ3) is 1.30. The molecule has 2 heterocycles. The molecule has 3 rings (SSSR count). The standard InChI is InChI=1S/C10H10N4OS/c1-5-12-10-14(13-5)9(15)7-4-6(11)2-3-8(7)16-10/h2-4,9,15H,11H2,1H3/t9-/m0/s1. The van der Waals surface area contributed by atoms with E-state index in [1.54, 1.807) is 13.0 Å². The van der Waals surface area contributed by atoms with E-state index in [2.05, 4.69) is 10.1 Å². The highest BCUT2D eigenvalue weighted by molar-refractivity contribution is 7.99. The number of rotatable bonds is 0. The van der Waals surface area contributed by atoms with Gasteiger partial charge >= 0.3 is 0 Å². The van der Waals surface area contributed by atoms with E-state index >= 15 is 0 Å². The SMILES string of the molecule is Cc1nc2n(n1)[C@@H](O)c1cc(N)ccc1S2. The largest absolute Gasteiger partial charge is 0.399 e. The van der Waals surface area contributed by atoms with Crippen LogP contribution in [0.2, 0.25) is 0 Å². The van der Waals surface area contributed by atoms with Crippen molar-refractivity contribution in [3.63, 3.8) is 0 Å². The minimum Gasteiger partial charge on any atom is -0.399 e. The Kier molecular flexibility index (Phi) is 1.95. The Hall–Kier alpha value is -1.53. The molecule has 1 aromatic carbocycles. The van der Waals surface area contributed by atoms with Gasteiger partial charge in [-0.3, -0.25) is 0 Å². The molecule has 0 amide bonds. The first-order valence-electron chi connectivity index (χ1n) is 4.83. The van der Waals surface area contributed by atoms with Crippen LogP contribution in [0.3, 0.4) is 0 Å². The van der Waals surface area contributed by atoms with Crippen LogP contribution in [0.5, 0.6) is 0 Å². The van der Waals surface area contributed by atoms with Gasteiger partial charge in [-0.15, -0.1) is 0 Å². The molecule has 0 unspecified atom stereocenters. The van der Waals surface area contributed by atoms with Gasteiger partial charge in [0.2, 0.25) is 0 Å². The quantitative estimate of drug-likeness (QED) is 0.669. The summed E-state index contributed by atoms with van der Waals surface area (Å²) < 4.78 is 1.52. The molecule has 0 radical (unpaired) electrons. The number of hydrogen-bond acceptors (Lipinski definition) is 5. The van der Waals surface area contributed by atoms with Crippen molar-refractivity contribution >= 4 is 17.4 Å². The van der Waals surface area contributed by atoms with Crippen LogP contribution in [0.15, 0.2) is 28.3 Å². The molecule has 82 valence electrons. The third-order valence-electron chi connectivity index (χ3n) is 2.45. The fourth-order valence-electron chi connectivity index (χ4n) is 1.73. The summed E-state index contributed by atoms with van der Waals surface area (Å²) in [6.45, 7) is 1.80. The van der Waals surface area contributed by atoms with Crippen LogP contribution in [-0.4, -0.2) is 19.9 Å². The molecule has 0 saturated heterocycles. The second kappa shape index (κ2) is 3.23. The minimum absolute atomic E-state index is 0.638. The average Bonchev–Trinajstić information content (AvgIpc) is 2.61. The maximum absolute atomic E-state index is 10.1. The highest BCUT2D eigenvalue weighted by Gasteiger charge is 2.26. The number of nitrogens with two attached hydrogens (primary N) is 1. The van der Waals surface area contributed by atoms with Crippen molar-refractivity contribution in [2.24, 2.45) is 0 Å². The minimum atomic E-state index is -0.795. The van der Waals surface area contributed by atoms with Crippen LogP contribution in [0.25, 0.3) is 0 Å². The van der Waals surface area contributed by atoms with Crippen LogP contribution >= 0.6 is 11.8 Å². The predicted octanol–water partition coefficient (Wildman–Crippen LogP) is 1.17. The van der Waals surface area contributed by atoms with Crippen LogP contribution in [0, 0.1) is 6.92 Å². The first-order valence-corrected chi connectivity index (χ1v) is 5.65. The summed E-state index contributed by atoms with van der Waals surface area (Å²) in [4.78, 5) is 5.22. The summed E-state index contributed by atoms with van der Waals surface area (Å²) in [5.74, 6) is 0.655. The molecule has 16 heavy (non-hydrogen) atoms. The van der Waals surface area contributed by atoms with Crippen LogP contribution in [-0.2, 0) is 0 Å². The highest BCUT2D eigenvalue weighted by Crippen LogP contribution is 2.39. The Balaban J connectivity index is 2.18. The summed E-state index contributed by atoms with van der Waals surface area (Å²) in [5.41, 5.74) is 7.12. The van der Waals surface area contributed by atoms with Crippen molar-refractivity contribution < 1.29 is 5.11 Å². The van der Waals surface area contributed by atoms with Gasteiger partial charge in [0.05, 0.1) is 0 Å². The predicted molar refractivity (Wildman–Crippen MR) is 60.1 cm³/mol. The first kappa shape index (κ1) is 9.68. The Morgan fingerprint density at radius 3 is 3.12 bits per heavy atom. The molecule has 0 saturated carbocycles. The Bertz CT molecular complexity index is 566. The molecule has 1 aliphatic heterocycles. The zero-order chi connectivity index (χ0) is 11.3. The number of nitrogen functional groups attached to an aromatic ring is 1. The van der Waals surface area contributed by atoms with Gasteiger partial charge in [0.15, 0.2) is 11.4 Å². The lowest BCUT2D eigenvalue weighted by Crippen LogP contribution is -2.17. The van der Waals surface area contributed by atoms with Crippen molar-refractivity contribution in [1.29, 1.82) is 0 Å². The molecule has 6 heteroatoms. The van der Waals surface area contributed by atoms with Gasteiger partial charge in [-0.05, 0) is 36.9 Å². The second-order valence-electron chi connectivity index (χ2n) is 3.66. The molecule has 0 aliphatic carbocycles. The maximum Gasteiger partial charge on any atom is 0.193 e. The van der Waals surface area contributed by atoms with Crippen LogP contribution in [0.4, 0.5) is 5.69 Å². The van der Waals surface area contributed by atoms with Crippen LogP contribution < -0.4 is 5.73 Å². The molecule has 2 aromatic rings. The molecule has 0 bridgehead atoms. The maximum atomic E-state index is 10.1. The molecule has 1 aliphatic rings. The molecular formula is C10H10N4OS. The number of fused-ring (bicyclic) bond motifs is 2. The third-order valence-corrected chi connectivity index (χ3v) is 3.50. The average molecular weight is 234 g/mol. The van der Waals surface area contributed by atoms with Gasteiger partial charge in [-0.2, -0.15) is 5.10 Å². The van der Waals surface area contributed by atoms with E-state index in [4.69, 9.17) is 5.73 Å². The summed E-state index contributed by atoms with van der Waals surface area (Å²) in [6.07, 6.45) is -0.795. The fourth-order valence-corrected chi connectivity index (χ4v) is 2.76.